The van der Waals surface area contributed by atoms with Crippen molar-refractivity contribution in [3.63, 3.8) is 0 Å². The van der Waals surface area contributed by atoms with E-state index in [1.54, 1.807) is 18.6 Å². The van der Waals surface area contributed by atoms with E-state index in [4.69, 9.17) is 0 Å². The molecule has 1 aliphatic heterocycles. The highest BCUT2D eigenvalue weighted by Crippen LogP contribution is 2.14. The van der Waals surface area contributed by atoms with E-state index in [0.717, 1.165) is 25.2 Å². The van der Waals surface area contributed by atoms with Gasteiger partial charge in [0.05, 0.1) is 11.3 Å². The van der Waals surface area contributed by atoms with Gasteiger partial charge in [-0.2, -0.15) is 0 Å². The van der Waals surface area contributed by atoms with E-state index in [2.05, 4.69) is 25.2 Å². The van der Waals surface area contributed by atoms with Crippen LogP contribution in [-0.4, -0.2) is 51.9 Å². The second-order valence-electron chi connectivity index (χ2n) is 5.74. The molecule has 2 aromatic heterocycles. The van der Waals surface area contributed by atoms with E-state index in [-0.39, 0.29) is 5.91 Å². The minimum absolute atomic E-state index is 0.112. The molecule has 1 amide bonds. The van der Waals surface area contributed by atoms with Gasteiger partial charge in [0.15, 0.2) is 5.82 Å². The maximum absolute atomic E-state index is 12.3. The number of rotatable bonds is 5. The SMILES string of the molecule is Cc1nc(-c2cccnc2)ncc1C(=O)NCCN1CCCC1. The molecular weight excluding hydrogens is 290 g/mol. The van der Waals surface area contributed by atoms with Crippen LogP contribution in [0.1, 0.15) is 28.9 Å². The van der Waals surface area contributed by atoms with Gasteiger partial charge in [0.25, 0.3) is 5.91 Å². The molecule has 3 rings (SSSR count). The van der Waals surface area contributed by atoms with Gasteiger partial charge in [-0.15, -0.1) is 0 Å². The number of nitrogens with zero attached hydrogens (tertiary/aromatic N) is 4. The summed E-state index contributed by atoms with van der Waals surface area (Å²) in [7, 11) is 0. The van der Waals surface area contributed by atoms with Crippen LogP contribution in [0, 0.1) is 6.92 Å². The Bertz CT molecular complexity index is 668. The minimum Gasteiger partial charge on any atom is -0.351 e. The van der Waals surface area contributed by atoms with Gasteiger partial charge >= 0.3 is 0 Å². The highest BCUT2D eigenvalue weighted by molar-refractivity contribution is 5.95. The first-order valence-electron chi connectivity index (χ1n) is 7.98. The Morgan fingerprint density at radius 2 is 2.13 bits per heavy atom. The molecule has 0 aromatic carbocycles. The smallest absolute Gasteiger partial charge is 0.254 e. The van der Waals surface area contributed by atoms with Crippen molar-refractivity contribution < 1.29 is 4.79 Å². The Hall–Kier alpha value is -2.34. The molecular formula is C17H21N5O. The van der Waals surface area contributed by atoms with Crippen molar-refractivity contribution >= 4 is 5.91 Å². The topological polar surface area (TPSA) is 71.0 Å². The summed E-state index contributed by atoms with van der Waals surface area (Å²) in [5.41, 5.74) is 2.05. The number of pyridine rings is 1. The maximum Gasteiger partial charge on any atom is 0.254 e. The largest absolute Gasteiger partial charge is 0.351 e. The van der Waals surface area contributed by atoms with Crippen LogP contribution in [-0.2, 0) is 0 Å². The lowest BCUT2D eigenvalue weighted by Crippen LogP contribution is -2.33. The first-order chi connectivity index (χ1) is 11.2. The second kappa shape index (κ2) is 7.28. The van der Waals surface area contributed by atoms with Crippen LogP contribution in [0.5, 0.6) is 0 Å². The van der Waals surface area contributed by atoms with Crippen molar-refractivity contribution in [3.05, 3.63) is 42.0 Å². The van der Waals surface area contributed by atoms with E-state index in [1.807, 2.05) is 19.1 Å². The van der Waals surface area contributed by atoms with Crippen molar-refractivity contribution in [3.8, 4) is 11.4 Å². The number of amides is 1. The van der Waals surface area contributed by atoms with Gasteiger partial charge in [0.1, 0.15) is 0 Å². The highest BCUT2D eigenvalue weighted by Gasteiger charge is 2.14. The van der Waals surface area contributed by atoms with Crippen LogP contribution in [0.3, 0.4) is 0 Å². The normalized spacial score (nSPS) is 14.8. The Morgan fingerprint density at radius 3 is 2.83 bits per heavy atom. The third-order valence-electron chi connectivity index (χ3n) is 4.06. The molecule has 1 saturated heterocycles. The third kappa shape index (κ3) is 3.90. The van der Waals surface area contributed by atoms with Crippen LogP contribution >= 0.6 is 0 Å². The van der Waals surface area contributed by atoms with E-state index in [1.165, 1.54) is 12.8 Å². The molecule has 0 atom stereocenters. The Balaban J connectivity index is 1.62. The predicted molar refractivity (Wildman–Crippen MR) is 88.0 cm³/mol. The van der Waals surface area contributed by atoms with Crippen LogP contribution in [0.2, 0.25) is 0 Å². The summed E-state index contributed by atoms with van der Waals surface area (Å²) in [5.74, 6) is 0.476. The van der Waals surface area contributed by atoms with Crippen LogP contribution in [0.4, 0.5) is 0 Å². The molecule has 0 radical (unpaired) electrons. The zero-order valence-corrected chi connectivity index (χ0v) is 13.3. The molecule has 0 bridgehead atoms. The number of hydrogen-bond donors (Lipinski definition) is 1. The van der Waals surface area contributed by atoms with Gasteiger partial charge in [-0.25, -0.2) is 9.97 Å². The second-order valence-corrected chi connectivity index (χ2v) is 5.74. The fourth-order valence-electron chi connectivity index (χ4n) is 2.75. The number of nitrogens with one attached hydrogen (secondary N) is 1. The molecule has 1 aliphatic rings. The molecule has 6 nitrogen and oxygen atoms in total. The number of aryl methyl sites for hydroxylation is 1. The van der Waals surface area contributed by atoms with Gasteiger partial charge < -0.3 is 10.2 Å². The van der Waals surface area contributed by atoms with Gasteiger partial charge in [0.2, 0.25) is 0 Å². The lowest BCUT2D eigenvalue weighted by molar-refractivity contribution is 0.0948. The molecule has 0 spiro atoms. The van der Waals surface area contributed by atoms with Gasteiger partial charge in [0, 0.05) is 37.2 Å². The molecule has 0 saturated carbocycles. The first-order valence-corrected chi connectivity index (χ1v) is 7.98. The summed E-state index contributed by atoms with van der Waals surface area (Å²) in [6.45, 7) is 5.66. The van der Waals surface area contributed by atoms with E-state index in [0.29, 0.717) is 23.6 Å². The fraction of sp³-hybridized carbons (Fsp3) is 0.412. The number of likely N-dealkylation sites (tertiary alicyclic amines) is 1. The van der Waals surface area contributed by atoms with Gasteiger partial charge in [-0.05, 0) is 45.0 Å². The van der Waals surface area contributed by atoms with Crippen molar-refractivity contribution in [1.29, 1.82) is 0 Å². The first kappa shape index (κ1) is 15.6. The average molecular weight is 311 g/mol. The van der Waals surface area contributed by atoms with Crippen LogP contribution in [0.25, 0.3) is 11.4 Å². The monoisotopic (exact) mass is 311 g/mol. The summed E-state index contributed by atoms with van der Waals surface area (Å²) < 4.78 is 0. The number of carbonyl (C=O) groups excluding carboxylic acids is 1. The third-order valence-corrected chi connectivity index (χ3v) is 4.06. The predicted octanol–water partition coefficient (Wildman–Crippen LogP) is 1.67. The summed E-state index contributed by atoms with van der Waals surface area (Å²) in [6.07, 6.45) is 7.53. The molecule has 1 N–H and O–H groups in total. The van der Waals surface area contributed by atoms with Crippen molar-refractivity contribution in [2.45, 2.75) is 19.8 Å². The number of carbonyl (C=O) groups is 1. The van der Waals surface area contributed by atoms with Crippen LogP contribution in [0.15, 0.2) is 30.7 Å². The zero-order chi connectivity index (χ0) is 16.1. The van der Waals surface area contributed by atoms with E-state index >= 15 is 0 Å². The van der Waals surface area contributed by atoms with Crippen molar-refractivity contribution in [2.75, 3.05) is 26.2 Å². The Kier molecular flexibility index (Phi) is 4.92. The fourth-order valence-corrected chi connectivity index (χ4v) is 2.75. The lowest BCUT2D eigenvalue weighted by Gasteiger charge is -2.15. The number of hydrogen-bond acceptors (Lipinski definition) is 5. The van der Waals surface area contributed by atoms with Gasteiger partial charge in [-0.3, -0.25) is 9.78 Å². The molecule has 23 heavy (non-hydrogen) atoms. The summed E-state index contributed by atoms with van der Waals surface area (Å²) in [6, 6.07) is 3.74. The highest BCUT2D eigenvalue weighted by atomic mass is 16.1. The average Bonchev–Trinajstić information content (AvgIpc) is 3.09. The zero-order valence-electron chi connectivity index (χ0n) is 13.3. The quantitative estimate of drug-likeness (QED) is 0.909. The molecule has 0 aliphatic carbocycles. The maximum atomic E-state index is 12.3. The molecule has 6 heteroatoms. The molecule has 120 valence electrons. The standard InChI is InChI=1S/C17H21N5O/c1-13-15(17(23)19-7-10-22-8-2-3-9-22)12-20-16(21-13)14-5-4-6-18-11-14/h4-6,11-12H,2-3,7-10H2,1H3,(H,19,23). The summed E-state index contributed by atoms with van der Waals surface area (Å²) in [5, 5.41) is 2.95. The Labute approximate surface area is 136 Å². The number of aromatic nitrogens is 3. The van der Waals surface area contributed by atoms with Crippen LogP contribution < -0.4 is 5.32 Å². The van der Waals surface area contributed by atoms with E-state index in [9.17, 15) is 4.79 Å². The van der Waals surface area contributed by atoms with Crippen molar-refractivity contribution in [1.82, 2.24) is 25.2 Å². The molecule has 3 heterocycles. The van der Waals surface area contributed by atoms with Crippen molar-refractivity contribution in [2.24, 2.45) is 0 Å². The Morgan fingerprint density at radius 1 is 1.30 bits per heavy atom. The summed E-state index contributed by atoms with van der Waals surface area (Å²) >= 11 is 0. The lowest BCUT2D eigenvalue weighted by atomic mass is 10.2. The van der Waals surface area contributed by atoms with E-state index < -0.39 is 0 Å². The molecule has 2 aromatic rings. The summed E-state index contributed by atoms with van der Waals surface area (Å²) in [4.78, 5) is 27.4. The van der Waals surface area contributed by atoms with Gasteiger partial charge in [-0.1, -0.05) is 0 Å². The molecule has 0 unspecified atom stereocenters. The minimum atomic E-state index is -0.112. The molecule has 1 fully saturated rings.